The third kappa shape index (κ3) is 3.79. The Hall–Kier alpha value is -1.92. The van der Waals surface area contributed by atoms with Crippen molar-refractivity contribution in [1.82, 2.24) is 10.9 Å². The zero-order valence-corrected chi connectivity index (χ0v) is 11.7. The first-order valence-electron chi connectivity index (χ1n) is 5.66. The second-order valence-corrected chi connectivity index (χ2v) is 4.81. The lowest BCUT2D eigenvalue weighted by Crippen LogP contribution is -2.20. The molecule has 0 saturated carbocycles. The van der Waals surface area contributed by atoms with Gasteiger partial charge in [0.05, 0.1) is 34.8 Å². The molecule has 1 aromatic carbocycles. The number of rotatable bonds is 4. The van der Waals surface area contributed by atoms with Crippen molar-refractivity contribution >= 4 is 46.9 Å². The van der Waals surface area contributed by atoms with Gasteiger partial charge in [0.2, 0.25) is 11.8 Å². The van der Waals surface area contributed by atoms with Gasteiger partial charge in [-0.2, -0.15) is 10.2 Å². The van der Waals surface area contributed by atoms with E-state index in [2.05, 4.69) is 21.1 Å². The Bertz CT molecular complexity index is 593. The van der Waals surface area contributed by atoms with Gasteiger partial charge in [-0.15, -0.1) is 0 Å². The van der Waals surface area contributed by atoms with Crippen LogP contribution in [-0.4, -0.2) is 23.7 Å². The molecule has 104 valence electrons. The van der Waals surface area contributed by atoms with Crippen LogP contribution in [0.1, 0.15) is 18.4 Å². The molecule has 6 nitrogen and oxygen atoms in total. The van der Waals surface area contributed by atoms with E-state index in [0.717, 1.165) is 0 Å². The summed E-state index contributed by atoms with van der Waals surface area (Å²) >= 11 is 11.9. The first kappa shape index (κ1) is 14.5. The van der Waals surface area contributed by atoms with E-state index in [1.807, 2.05) is 0 Å². The summed E-state index contributed by atoms with van der Waals surface area (Å²) in [4.78, 5) is 22.4. The first-order valence-corrected chi connectivity index (χ1v) is 6.42. The molecule has 2 amide bonds. The normalized spacial score (nSPS) is 14.3. The van der Waals surface area contributed by atoms with E-state index in [-0.39, 0.29) is 24.7 Å². The largest absolute Gasteiger partial charge is 0.273 e. The van der Waals surface area contributed by atoms with Crippen LogP contribution in [0.3, 0.4) is 0 Å². The highest BCUT2D eigenvalue weighted by Crippen LogP contribution is 2.21. The third-order valence-corrected chi connectivity index (χ3v) is 3.11. The van der Waals surface area contributed by atoms with E-state index in [4.69, 9.17) is 23.2 Å². The van der Waals surface area contributed by atoms with Crippen LogP contribution in [0, 0.1) is 0 Å². The maximum atomic E-state index is 11.6. The van der Waals surface area contributed by atoms with Gasteiger partial charge in [-0.25, -0.2) is 10.9 Å². The van der Waals surface area contributed by atoms with Crippen molar-refractivity contribution in [3.8, 4) is 0 Å². The van der Waals surface area contributed by atoms with Gasteiger partial charge in [0.25, 0.3) is 0 Å². The number of carbonyl (C=O) groups excluding carboxylic acids is 2. The summed E-state index contributed by atoms with van der Waals surface area (Å²) < 4.78 is 0. The average Bonchev–Trinajstić information content (AvgIpc) is 2.78. The lowest BCUT2D eigenvalue weighted by molar-refractivity contribution is -0.119. The van der Waals surface area contributed by atoms with Crippen LogP contribution in [0.25, 0.3) is 0 Å². The van der Waals surface area contributed by atoms with Crippen molar-refractivity contribution in [1.29, 1.82) is 0 Å². The van der Waals surface area contributed by atoms with Gasteiger partial charge >= 0.3 is 0 Å². The van der Waals surface area contributed by atoms with Gasteiger partial charge in [-0.1, -0.05) is 29.3 Å². The van der Waals surface area contributed by atoms with Gasteiger partial charge in [-0.3, -0.25) is 9.59 Å². The maximum absolute atomic E-state index is 11.6. The van der Waals surface area contributed by atoms with Gasteiger partial charge < -0.3 is 0 Å². The molecule has 0 aliphatic carbocycles. The second kappa shape index (κ2) is 6.49. The zero-order valence-electron chi connectivity index (χ0n) is 10.2. The van der Waals surface area contributed by atoms with Crippen LogP contribution in [0.15, 0.2) is 28.4 Å². The molecule has 0 bridgehead atoms. The van der Waals surface area contributed by atoms with Crippen LogP contribution < -0.4 is 10.9 Å². The highest BCUT2D eigenvalue weighted by Gasteiger charge is 2.17. The van der Waals surface area contributed by atoms with Crippen molar-refractivity contribution in [2.75, 3.05) is 0 Å². The Morgan fingerprint density at radius 3 is 2.75 bits per heavy atom. The molecule has 8 heteroatoms. The summed E-state index contributed by atoms with van der Waals surface area (Å²) in [6.45, 7) is 0. The van der Waals surface area contributed by atoms with Crippen molar-refractivity contribution in [2.24, 2.45) is 10.2 Å². The summed E-state index contributed by atoms with van der Waals surface area (Å²) in [5.41, 5.74) is 5.58. The minimum Gasteiger partial charge on any atom is -0.273 e. The lowest BCUT2D eigenvalue weighted by atomic mass is 10.2. The number of benzene rings is 1. The maximum Gasteiger partial charge on any atom is 0.245 e. The average molecular weight is 313 g/mol. The molecule has 2 rings (SSSR count). The number of halogens is 2. The molecule has 1 aliphatic rings. The number of nitrogens with zero attached hydrogens (tertiary/aromatic N) is 2. The van der Waals surface area contributed by atoms with Gasteiger partial charge in [0.15, 0.2) is 0 Å². The summed E-state index contributed by atoms with van der Waals surface area (Å²) in [6, 6.07) is 5.05. The Labute approximate surface area is 124 Å². The summed E-state index contributed by atoms with van der Waals surface area (Å²) in [5, 5.41) is 8.36. The van der Waals surface area contributed by atoms with Gasteiger partial charge in [0, 0.05) is 5.56 Å². The van der Waals surface area contributed by atoms with Crippen molar-refractivity contribution in [3.63, 3.8) is 0 Å². The number of carbonyl (C=O) groups is 2. The van der Waals surface area contributed by atoms with E-state index < -0.39 is 0 Å². The Morgan fingerprint density at radius 2 is 2.15 bits per heavy atom. The first-order chi connectivity index (χ1) is 9.56. The smallest absolute Gasteiger partial charge is 0.245 e. The molecule has 0 aromatic heterocycles. The molecular weight excluding hydrogens is 303 g/mol. The highest BCUT2D eigenvalue weighted by atomic mass is 35.5. The minimum absolute atomic E-state index is 0.00628. The highest BCUT2D eigenvalue weighted by molar-refractivity contribution is 6.38. The molecule has 20 heavy (non-hydrogen) atoms. The van der Waals surface area contributed by atoms with E-state index in [0.29, 0.717) is 21.3 Å². The molecular formula is C12H10Cl2N4O2. The van der Waals surface area contributed by atoms with Crippen molar-refractivity contribution < 1.29 is 9.59 Å². The molecule has 0 unspecified atom stereocenters. The van der Waals surface area contributed by atoms with E-state index in [1.54, 1.807) is 18.2 Å². The fraction of sp³-hybridized carbons (Fsp3) is 0.167. The predicted octanol–water partition coefficient (Wildman–Crippen LogP) is 1.71. The fourth-order valence-electron chi connectivity index (χ4n) is 1.54. The van der Waals surface area contributed by atoms with Gasteiger partial charge in [-0.05, 0) is 12.1 Å². The SMILES string of the molecule is O=C1CC(CC(=O)N/N=C\c2c(Cl)cccc2Cl)=NN1. The molecule has 1 heterocycles. The molecule has 0 saturated heterocycles. The van der Waals surface area contributed by atoms with Crippen LogP contribution >= 0.6 is 23.2 Å². The molecule has 0 radical (unpaired) electrons. The monoisotopic (exact) mass is 312 g/mol. The quantitative estimate of drug-likeness (QED) is 0.655. The van der Waals surface area contributed by atoms with Crippen LogP contribution in [-0.2, 0) is 9.59 Å². The standard InChI is InChI=1S/C12H10Cl2N4O2/c13-9-2-1-3-10(14)8(9)6-15-17-11(19)4-7-5-12(20)18-16-7/h1-3,6H,4-5H2,(H,17,19)(H,18,20)/b15-6-. The van der Waals surface area contributed by atoms with Crippen LogP contribution in [0.5, 0.6) is 0 Å². The number of hydrogen-bond acceptors (Lipinski definition) is 4. The van der Waals surface area contributed by atoms with E-state index >= 15 is 0 Å². The van der Waals surface area contributed by atoms with E-state index in [1.165, 1.54) is 6.21 Å². The molecule has 0 fully saturated rings. The van der Waals surface area contributed by atoms with Gasteiger partial charge in [0.1, 0.15) is 0 Å². The van der Waals surface area contributed by atoms with E-state index in [9.17, 15) is 9.59 Å². The third-order valence-electron chi connectivity index (χ3n) is 2.45. The summed E-state index contributed by atoms with van der Waals surface area (Å²) in [7, 11) is 0. The van der Waals surface area contributed by atoms with Crippen molar-refractivity contribution in [3.05, 3.63) is 33.8 Å². The van der Waals surface area contributed by atoms with Crippen LogP contribution in [0.2, 0.25) is 10.0 Å². The summed E-state index contributed by atoms with van der Waals surface area (Å²) in [5.74, 6) is -0.598. The fourth-order valence-corrected chi connectivity index (χ4v) is 2.03. The minimum atomic E-state index is -0.375. The summed E-state index contributed by atoms with van der Waals surface area (Å²) in [6.07, 6.45) is 1.50. The number of nitrogens with one attached hydrogen (secondary N) is 2. The molecule has 0 spiro atoms. The molecule has 0 atom stereocenters. The van der Waals surface area contributed by atoms with Crippen molar-refractivity contribution in [2.45, 2.75) is 12.8 Å². The topological polar surface area (TPSA) is 82.9 Å². The number of hydrogen-bond donors (Lipinski definition) is 2. The number of hydrazone groups is 2. The van der Waals surface area contributed by atoms with Crippen LogP contribution in [0.4, 0.5) is 0 Å². The predicted molar refractivity (Wildman–Crippen MR) is 77.0 cm³/mol. The Balaban J connectivity index is 1.90. The Kier molecular flexibility index (Phi) is 4.70. The zero-order chi connectivity index (χ0) is 14.5. The lowest BCUT2D eigenvalue weighted by Gasteiger charge is -2.01. The Morgan fingerprint density at radius 1 is 1.45 bits per heavy atom. The number of amides is 2. The molecule has 1 aliphatic heterocycles. The molecule has 2 N–H and O–H groups in total. The molecule has 1 aromatic rings. The second-order valence-electron chi connectivity index (χ2n) is 4.00.